The van der Waals surface area contributed by atoms with Gasteiger partial charge in [-0.3, -0.25) is 19.4 Å². The van der Waals surface area contributed by atoms with Crippen LogP contribution in [-0.4, -0.2) is 136 Å². The molecule has 4 N–H and O–H groups in total. The first kappa shape index (κ1) is 56.5. The number of carbonyl (C=O) groups is 4. The molecule has 1 fully saturated rings. The summed E-state index contributed by atoms with van der Waals surface area (Å²) in [6, 6.07) is 28.7. The second-order valence-corrected chi connectivity index (χ2v) is 20.7. The Labute approximate surface area is 466 Å². The van der Waals surface area contributed by atoms with E-state index in [1.54, 1.807) is 56.0 Å². The summed E-state index contributed by atoms with van der Waals surface area (Å²) in [4.78, 5) is 62.6. The van der Waals surface area contributed by atoms with Crippen molar-refractivity contribution in [3.8, 4) is 33.9 Å². The normalized spacial score (nSPS) is 15.3. The van der Waals surface area contributed by atoms with E-state index < -0.39 is 17.8 Å². The molecule has 3 heterocycles. The number of carbonyl (C=O) groups excluding carboxylic acids is 4. The molecule has 4 aromatic rings. The quantitative estimate of drug-likeness (QED) is 0.0444. The standard InChI is InChI=1S/C63H70N6O11/c1-8-64-51-36-55-49(32-39(51)3)59(50-33-40(4)52(65-9-2)37-56(50)79-55)44-15-11-13-17-46(44)61(73)69-26-24-68(25-27-69)60(72)45-16-12-10-14-43(45)58-47-20-18-41(70)34-53(47)78-54-35-42(19-21-48(54)58)77-38-57(71)66-22-28-75-30-31-76-29-23-67-62(74)80-63(5,6)7/h10-21,32-37,41,64,70H,8-9,22-31,38H2,1-7H3,(H,66,71)(H,67,74). The first-order chi connectivity index (χ1) is 38.6. The van der Waals surface area contributed by atoms with Gasteiger partial charge in [0.15, 0.2) is 6.61 Å². The van der Waals surface area contributed by atoms with Gasteiger partial charge in [0.25, 0.3) is 17.7 Å². The van der Waals surface area contributed by atoms with Crippen LogP contribution < -0.4 is 30.8 Å². The number of anilines is 1. The topological polar surface area (TPSA) is 203 Å². The van der Waals surface area contributed by atoms with Crippen LogP contribution in [0.3, 0.4) is 0 Å². The van der Waals surface area contributed by atoms with Crippen molar-refractivity contribution in [3.63, 3.8) is 0 Å². The van der Waals surface area contributed by atoms with Crippen LogP contribution in [0.15, 0.2) is 130 Å². The first-order valence-corrected chi connectivity index (χ1v) is 27.3. The van der Waals surface area contributed by atoms with Crippen molar-refractivity contribution < 1.29 is 52.4 Å². The number of hydrogen-bond acceptors (Lipinski definition) is 13. The molecule has 80 heavy (non-hydrogen) atoms. The highest BCUT2D eigenvalue weighted by Crippen LogP contribution is 2.46. The van der Waals surface area contributed by atoms with Gasteiger partial charge >= 0.3 is 6.09 Å². The third kappa shape index (κ3) is 13.1. The number of hydrogen-bond donors (Lipinski definition) is 4. The summed E-state index contributed by atoms with van der Waals surface area (Å²) in [7, 11) is 0. The molecule has 17 nitrogen and oxygen atoms in total. The van der Waals surface area contributed by atoms with Crippen LogP contribution in [0.25, 0.3) is 39.0 Å². The van der Waals surface area contributed by atoms with Crippen LogP contribution in [-0.2, 0) is 19.0 Å². The Kier molecular flexibility index (Phi) is 17.8. The maximum absolute atomic E-state index is 14.9. The molecule has 17 heteroatoms. The number of aryl methyl sites for hydroxylation is 2. The lowest BCUT2D eigenvalue weighted by Crippen LogP contribution is -2.50. The second-order valence-electron chi connectivity index (χ2n) is 20.7. The third-order valence-electron chi connectivity index (χ3n) is 13.8. The Balaban J connectivity index is 0.865. The summed E-state index contributed by atoms with van der Waals surface area (Å²) in [6.07, 6.45) is 3.68. The van der Waals surface area contributed by atoms with Crippen LogP contribution in [0.1, 0.15) is 77.6 Å². The molecule has 0 saturated carbocycles. The van der Waals surface area contributed by atoms with Crippen LogP contribution in [0, 0.1) is 13.8 Å². The number of piperazine rings is 1. The van der Waals surface area contributed by atoms with Gasteiger partial charge in [-0.05, 0) is 113 Å². The predicted octanol–water partition coefficient (Wildman–Crippen LogP) is 8.83. The first-order valence-electron chi connectivity index (χ1n) is 27.3. The van der Waals surface area contributed by atoms with Crippen molar-refractivity contribution in [1.29, 1.82) is 0 Å². The molecule has 2 aliphatic carbocycles. The molecule has 0 bridgehead atoms. The zero-order valence-corrected chi connectivity index (χ0v) is 46.5. The number of ether oxygens (including phenoxy) is 5. The highest BCUT2D eigenvalue weighted by molar-refractivity contribution is 6.10. The molecule has 1 unspecified atom stereocenters. The van der Waals surface area contributed by atoms with Crippen LogP contribution in [0.2, 0.25) is 0 Å². The number of aliphatic hydroxyl groups is 1. The van der Waals surface area contributed by atoms with Gasteiger partial charge in [-0.25, -0.2) is 4.79 Å². The fourth-order valence-electron chi connectivity index (χ4n) is 10.1. The van der Waals surface area contributed by atoms with Crippen molar-refractivity contribution in [2.45, 2.75) is 60.2 Å². The minimum Gasteiger partial charge on any atom is -0.484 e. The lowest BCUT2D eigenvalue weighted by molar-refractivity contribution is -0.123. The molecule has 0 radical (unpaired) electrons. The van der Waals surface area contributed by atoms with E-state index in [0.717, 1.165) is 56.4 Å². The van der Waals surface area contributed by atoms with Gasteiger partial charge in [-0.1, -0.05) is 48.6 Å². The van der Waals surface area contributed by atoms with Crippen molar-refractivity contribution in [2.24, 2.45) is 4.99 Å². The predicted molar refractivity (Wildman–Crippen MR) is 307 cm³/mol. The summed E-state index contributed by atoms with van der Waals surface area (Å²) in [5, 5.41) is 21.3. The molecule has 5 aliphatic rings. The van der Waals surface area contributed by atoms with Gasteiger partial charge in [0.1, 0.15) is 34.2 Å². The Morgan fingerprint density at radius 3 is 2.09 bits per heavy atom. The van der Waals surface area contributed by atoms with Gasteiger partial charge in [-0.15, -0.1) is 0 Å². The third-order valence-corrected chi connectivity index (χ3v) is 13.8. The summed E-state index contributed by atoms with van der Waals surface area (Å²) in [5.41, 5.74) is 9.57. The van der Waals surface area contributed by atoms with Gasteiger partial charge < -0.3 is 59.0 Å². The fraction of sp³-hybridized carbons (Fsp3) is 0.349. The van der Waals surface area contributed by atoms with E-state index in [-0.39, 0.29) is 37.5 Å². The Morgan fingerprint density at radius 1 is 0.750 bits per heavy atom. The number of fused-ring (bicyclic) bond motifs is 4. The van der Waals surface area contributed by atoms with E-state index in [1.165, 1.54) is 0 Å². The number of benzene rings is 5. The molecular formula is C63H70N6O11. The zero-order valence-electron chi connectivity index (χ0n) is 46.5. The lowest BCUT2D eigenvalue weighted by Gasteiger charge is -2.36. The van der Waals surface area contributed by atoms with Crippen molar-refractivity contribution >= 4 is 46.0 Å². The van der Waals surface area contributed by atoms with E-state index in [2.05, 4.69) is 41.9 Å². The number of nitrogens with one attached hydrogen (secondary N) is 3. The number of nitrogens with zero attached hydrogens (tertiary/aromatic N) is 3. The molecule has 1 atom stereocenters. The van der Waals surface area contributed by atoms with Crippen LogP contribution in [0.5, 0.6) is 11.5 Å². The van der Waals surface area contributed by atoms with E-state index >= 15 is 0 Å². The fourth-order valence-corrected chi connectivity index (χ4v) is 10.1. The van der Waals surface area contributed by atoms with Crippen LogP contribution in [0.4, 0.5) is 10.5 Å². The molecule has 3 aliphatic heterocycles. The van der Waals surface area contributed by atoms with Crippen molar-refractivity contribution in [3.05, 3.63) is 159 Å². The number of amides is 4. The van der Waals surface area contributed by atoms with Crippen LogP contribution >= 0.6 is 0 Å². The van der Waals surface area contributed by atoms with Gasteiger partial charge in [0.2, 0.25) is 0 Å². The summed E-state index contributed by atoms with van der Waals surface area (Å²) in [5.74, 6) is 1.24. The molecule has 9 rings (SSSR count). The van der Waals surface area contributed by atoms with E-state index in [0.29, 0.717) is 116 Å². The summed E-state index contributed by atoms with van der Waals surface area (Å²) < 4.78 is 35.2. The maximum Gasteiger partial charge on any atom is 0.407 e. The molecule has 4 aromatic carbocycles. The zero-order chi connectivity index (χ0) is 56.5. The smallest absolute Gasteiger partial charge is 0.407 e. The number of rotatable bonds is 19. The molecule has 1 saturated heterocycles. The highest BCUT2D eigenvalue weighted by Gasteiger charge is 2.33. The Bertz CT molecular complexity index is 3440. The monoisotopic (exact) mass is 1090 g/mol. The molecule has 0 aromatic heterocycles. The Morgan fingerprint density at radius 2 is 1.41 bits per heavy atom. The average Bonchev–Trinajstić information content (AvgIpc) is 3.64. The highest BCUT2D eigenvalue weighted by atomic mass is 16.6. The average molecular weight is 1090 g/mol. The largest absolute Gasteiger partial charge is 0.484 e. The molecule has 0 spiro atoms. The molecular weight excluding hydrogens is 1020 g/mol. The van der Waals surface area contributed by atoms with Crippen molar-refractivity contribution in [1.82, 2.24) is 20.4 Å². The summed E-state index contributed by atoms with van der Waals surface area (Å²) >= 11 is 0. The number of allylic oxidation sites excluding steroid dienone is 1. The number of alkyl carbamates (subject to hydrolysis) is 1. The Hall–Kier alpha value is -8.25. The van der Waals surface area contributed by atoms with E-state index in [4.69, 9.17) is 33.1 Å². The van der Waals surface area contributed by atoms with Gasteiger partial charge in [-0.2, -0.15) is 0 Å². The van der Waals surface area contributed by atoms with E-state index in [9.17, 15) is 24.3 Å². The maximum atomic E-state index is 14.9. The minimum atomic E-state index is -0.895. The number of aliphatic hydroxyl groups excluding tert-OH is 1. The second kappa shape index (κ2) is 25.3. The lowest BCUT2D eigenvalue weighted by atomic mass is 9.85. The van der Waals surface area contributed by atoms with Crippen molar-refractivity contribution in [2.75, 3.05) is 90.7 Å². The molecule has 4 amide bonds. The molecule has 418 valence electrons. The van der Waals surface area contributed by atoms with Gasteiger partial charge in [0, 0.05) is 121 Å². The van der Waals surface area contributed by atoms with Gasteiger partial charge in [0.05, 0.1) is 37.9 Å². The minimum absolute atomic E-state index is 0.126. The van der Waals surface area contributed by atoms with E-state index in [1.807, 2.05) is 85.5 Å². The SMILES string of the molecule is CCN=c1cc2oc3cc(NCC)c(C)cc3c(-c3ccccc3C(=O)N3CCN(C(=O)c4ccccc4C4=C5C=CC(O)C=C5Oc5cc(OCC(=O)NCCOCCOCCNC(=O)OC(C)(C)C)ccc54)CC3)c-2cc1C. The summed E-state index contributed by atoms with van der Waals surface area (Å²) in [6.45, 7) is 17.7.